The summed E-state index contributed by atoms with van der Waals surface area (Å²) in [7, 11) is 0. The maximum absolute atomic E-state index is 12.2. The molecule has 0 spiro atoms. The molecule has 0 atom stereocenters. The normalized spacial score (nSPS) is 10.1. The van der Waals surface area contributed by atoms with Crippen molar-refractivity contribution < 1.29 is 9.53 Å². The molecular weight excluding hydrogens is 228 g/mol. The van der Waals surface area contributed by atoms with Gasteiger partial charge in [0.15, 0.2) is 0 Å². The van der Waals surface area contributed by atoms with E-state index in [9.17, 15) is 4.79 Å². The van der Waals surface area contributed by atoms with Crippen molar-refractivity contribution in [3.8, 4) is 5.75 Å². The Morgan fingerprint density at radius 2 is 2.17 bits per heavy atom. The van der Waals surface area contributed by atoms with E-state index in [0.29, 0.717) is 23.6 Å². The van der Waals surface area contributed by atoms with Crippen molar-refractivity contribution in [3.05, 3.63) is 53.6 Å². The van der Waals surface area contributed by atoms with E-state index in [2.05, 4.69) is 9.97 Å². The Morgan fingerprint density at radius 1 is 1.33 bits per heavy atom. The van der Waals surface area contributed by atoms with Crippen LogP contribution in [0.5, 0.6) is 5.75 Å². The van der Waals surface area contributed by atoms with E-state index in [-0.39, 0.29) is 5.78 Å². The quantitative estimate of drug-likeness (QED) is 0.772. The summed E-state index contributed by atoms with van der Waals surface area (Å²) >= 11 is 0. The molecule has 0 amide bonds. The predicted molar refractivity (Wildman–Crippen MR) is 67.8 cm³/mol. The highest BCUT2D eigenvalue weighted by atomic mass is 16.5. The number of nitrogens with zero attached hydrogens (tertiary/aromatic N) is 2. The van der Waals surface area contributed by atoms with Gasteiger partial charge in [0.2, 0.25) is 5.78 Å². The van der Waals surface area contributed by atoms with Crippen LogP contribution in [0.2, 0.25) is 0 Å². The number of carbonyl (C=O) groups excluding carboxylic acids is 1. The van der Waals surface area contributed by atoms with Gasteiger partial charge in [0.1, 0.15) is 11.4 Å². The fourth-order valence-corrected chi connectivity index (χ4v) is 1.61. The number of rotatable bonds is 4. The Balaban J connectivity index is 2.31. The molecule has 4 heteroatoms. The number of pyridine rings is 2. The highest BCUT2D eigenvalue weighted by molar-refractivity contribution is 6.07. The fraction of sp³-hybridized carbons (Fsp3) is 0.214. The van der Waals surface area contributed by atoms with Crippen LogP contribution >= 0.6 is 0 Å². The van der Waals surface area contributed by atoms with Crippen LogP contribution in [0, 0.1) is 6.92 Å². The van der Waals surface area contributed by atoms with Gasteiger partial charge in [-0.2, -0.15) is 0 Å². The molecule has 0 aliphatic rings. The lowest BCUT2D eigenvalue weighted by atomic mass is 10.1. The second kappa shape index (κ2) is 5.40. The molecule has 0 saturated heterocycles. The number of ether oxygens (including phenoxy) is 1. The zero-order valence-electron chi connectivity index (χ0n) is 10.4. The molecule has 4 nitrogen and oxygen atoms in total. The number of hydrogen-bond acceptors (Lipinski definition) is 4. The molecule has 0 aliphatic heterocycles. The first kappa shape index (κ1) is 12.2. The van der Waals surface area contributed by atoms with Gasteiger partial charge in [-0.05, 0) is 32.0 Å². The fourth-order valence-electron chi connectivity index (χ4n) is 1.61. The van der Waals surface area contributed by atoms with Gasteiger partial charge in [-0.25, -0.2) is 4.98 Å². The van der Waals surface area contributed by atoms with Gasteiger partial charge < -0.3 is 4.74 Å². The third-order valence-electron chi connectivity index (χ3n) is 2.41. The van der Waals surface area contributed by atoms with E-state index >= 15 is 0 Å². The summed E-state index contributed by atoms with van der Waals surface area (Å²) in [5.41, 5.74) is 1.72. The molecule has 2 heterocycles. The van der Waals surface area contributed by atoms with E-state index in [1.54, 1.807) is 18.3 Å². The number of carbonyl (C=O) groups is 1. The van der Waals surface area contributed by atoms with Gasteiger partial charge in [-0.15, -0.1) is 0 Å². The Hall–Kier alpha value is -2.23. The molecule has 0 radical (unpaired) electrons. The third-order valence-corrected chi connectivity index (χ3v) is 2.41. The largest absolute Gasteiger partial charge is 0.492 e. The average Bonchev–Trinajstić information content (AvgIpc) is 2.39. The highest BCUT2D eigenvalue weighted by Gasteiger charge is 2.11. The van der Waals surface area contributed by atoms with Crippen molar-refractivity contribution in [3.63, 3.8) is 0 Å². The minimum Gasteiger partial charge on any atom is -0.492 e. The summed E-state index contributed by atoms with van der Waals surface area (Å²) in [5, 5.41) is 0. The van der Waals surface area contributed by atoms with E-state index in [1.165, 1.54) is 6.20 Å². The number of ketones is 1. The average molecular weight is 242 g/mol. The van der Waals surface area contributed by atoms with E-state index < -0.39 is 0 Å². The van der Waals surface area contributed by atoms with Gasteiger partial charge in [0.05, 0.1) is 12.8 Å². The first-order chi connectivity index (χ1) is 8.70. The topological polar surface area (TPSA) is 52.1 Å². The van der Waals surface area contributed by atoms with Crippen LogP contribution in [0.25, 0.3) is 0 Å². The second-order valence-electron chi connectivity index (χ2n) is 3.84. The summed E-state index contributed by atoms with van der Waals surface area (Å²) in [5.74, 6) is 0.448. The molecule has 0 unspecified atom stereocenters. The van der Waals surface area contributed by atoms with Gasteiger partial charge in [0, 0.05) is 17.5 Å². The molecule has 0 fully saturated rings. The SMILES string of the molecule is CCOc1cncc(C(=O)c2cccc(C)n2)c1. The first-order valence-corrected chi connectivity index (χ1v) is 5.77. The van der Waals surface area contributed by atoms with Crippen molar-refractivity contribution in [1.82, 2.24) is 9.97 Å². The molecular formula is C14H14N2O2. The van der Waals surface area contributed by atoms with E-state index in [1.807, 2.05) is 26.0 Å². The molecule has 0 aromatic carbocycles. The Bertz CT molecular complexity index is 567. The minimum absolute atomic E-state index is 0.146. The lowest BCUT2D eigenvalue weighted by Gasteiger charge is -2.05. The Kier molecular flexibility index (Phi) is 3.67. The van der Waals surface area contributed by atoms with Crippen LogP contribution in [0.15, 0.2) is 36.7 Å². The number of hydrogen-bond donors (Lipinski definition) is 0. The lowest BCUT2D eigenvalue weighted by molar-refractivity contribution is 0.103. The van der Waals surface area contributed by atoms with E-state index in [0.717, 1.165) is 5.69 Å². The second-order valence-corrected chi connectivity index (χ2v) is 3.84. The zero-order valence-corrected chi connectivity index (χ0v) is 10.4. The van der Waals surface area contributed by atoms with Crippen molar-refractivity contribution in [2.24, 2.45) is 0 Å². The summed E-state index contributed by atoms with van der Waals surface area (Å²) < 4.78 is 5.32. The Morgan fingerprint density at radius 3 is 2.89 bits per heavy atom. The Labute approximate surface area is 106 Å². The molecule has 92 valence electrons. The van der Waals surface area contributed by atoms with Crippen LogP contribution < -0.4 is 4.74 Å². The van der Waals surface area contributed by atoms with Crippen LogP contribution in [-0.4, -0.2) is 22.4 Å². The van der Waals surface area contributed by atoms with Crippen molar-refractivity contribution in [2.45, 2.75) is 13.8 Å². The smallest absolute Gasteiger partial charge is 0.213 e. The summed E-state index contributed by atoms with van der Waals surface area (Å²) in [6, 6.07) is 7.05. The number of aryl methyl sites for hydroxylation is 1. The van der Waals surface area contributed by atoms with Crippen LogP contribution in [-0.2, 0) is 0 Å². The van der Waals surface area contributed by atoms with Crippen LogP contribution in [0.4, 0.5) is 0 Å². The minimum atomic E-state index is -0.146. The molecule has 0 saturated carbocycles. The highest BCUT2D eigenvalue weighted by Crippen LogP contribution is 2.14. The monoisotopic (exact) mass is 242 g/mol. The molecule has 2 rings (SSSR count). The summed E-state index contributed by atoms with van der Waals surface area (Å²) in [4.78, 5) is 20.4. The molecule has 0 bridgehead atoms. The third kappa shape index (κ3) is 2.71. The number of aromatic nitrogens is 2. The first-order valence-electron chi connectivity index (χ1n) is 5.77. The maximum atomic E-state index is 12.2. The molecule has 2 aromatic heterocycles. The zero-order chi connectivity index (χ0) is 13.0. The van der Waals surface area contributed by atoms with Crippen molar-refractivity contribution in [1.29, 1.82) is 0 Å². The van der Waals surface area contributed by atoms with Gasteiger partial charge in [-0.1, -0.05) is 6.07 Å². The molecule has 18 heavy (non-hydrogen) atoms. The van der Waals surface area contributed by atoms with Crippen molar-refractivity contribution in [2.75, 3.05) is 6.61 Å². The van der Waals surface area contributed by atoms with Crippen LogP contribution in [0.3, 0.4) is 0 Å². The van der Waals surface area contributed by atoms with Gasteiger partial charge in [0.25, 0.3) is 0 Å². The summed E-state index contributed by atoms with van der Waals surface area (Å²) in [6.45, 7) is 4.28. The van der Waals surface area contributed by atoms with Gasteiger partial charge in [-0.3, -0.25) is 9.78 Å². The summed E-state index contributed by atoms with van der Waals surface area (Å²) in [6.07, 6.45) is 3.11. The van der Waals surface area contributed by atoms with Crippen molar-refractivity contribution >= 4 is 5.78 Å². The maximum Gasteiger partial charge on any atom is 0.213 e. The van der Waals surface area contributed by atoms with E-state index in [4.69, 9.17) is 4.74 Å². The molecule has 0 aliphatic carbocycles. The van der Waals surface area contributed by atoms with Crippen LogP contribution in [0.1, 0.15) is 28.7 Å². The lowest BCUT2D eigenvalue weighted by Crippen LogP contribution is -2.05. The van der Waals surface area contributed by atoms with Gasteiger partial charge >= 0.3 is 0 Å². The standard InChI is InChI=1S/C14H14N2O2/c1-3-18-12-7-11(8-15-9-12)14(17)13-6-4-5-10(2)16-13/h4-9H,3H2,1-2H3. The molecule has 2 aromatic rings. The molecule has 0 N–H and O–H groups in total. The predicted octanol–water partition coefficient (Wildman–Crippen LogP) is 2.41.